The SMILES string of the molecule is NC1CCCCC1CCS(=O)(=O)O. The summed E-state index contributed by atoms with van der Waals surface area (Å²) in [6.45, 7) is 0. The summed E-state index contributed by atoms with van der Waals surface area (Å²) >= 11 is 0. The lowest BCUT2D eigenvalue weighted by Gasteiger charge is -2.27. The van der Waals surface area contributed by atoms with Crippen molar-refractivity contribution < 1.29 is 13.0 Å². The molecule has 0 aromatic rings. The lowest BCUT2D eigenvalue weighted by molar-refractivity contribution is 0.299. The zero-order valence-corrected chi connectivity index (χ0v) is 8.46. The molecule has 0 heterocycles. The maximum Gasteiger partial charge on any atom is 0.264 e. The van der Waals surface area contributed by atoms with Crippen molar-refractivity contribution in [3.8, 4) is 0 Å². The van der Waals surface area contributed by atoms with Crippen molar-refractivity contribution in [2.75, 3.05) is 5.75 Å². The Bertz CT molecular complexity index is 250. The highest BCUT2D eigenvalue weighted by atomic mass is 32.2. The van der Waals surface area contributed by atoms with Gasteiger partial charge in [0.2, 0.25) is 0 Å². The van der Waals surface area contributed by atoms with Gasteiger partial charge in [0, 0.05) is 6.04 Å². The van der Waals surface area contributed by atoms with Gasteiger partial charge in [0.1, 0.15) is 0 Å². The predicted octanol–water partition coefficient (Wildman–Crippen LogP) is 0.782. The average molecular weight is 207 g/mol. The first-order valence-corrected chi connectivity index (χ1v) is 6.31. The lowest BCUT2D eigenvalue weighted by Crippen LogP contribution is -2.34. The van der Waals surface area contributed by atoms with Crippen molar-refractivity contribution in [2.24, 2.45) is 11.7 Å². The normalized spacial score (nSPS) is 30.3. The monoisotopic (exact) mass is 207 g/mol. The third kappa shape index (κ3) is 4.06. The van der Waals surface area contributed by atoms with Gasteiger partial charge in [-0.1, -0.05) is 12.8 Å². The molecule has 0 aromatic heterocycles. The van der Waals surface area contributed by atoms with Gasteiger partial charge < -0.3 is 5.73 Å². The number of rotatable bonds is 3. The fraction of sp³-hybridized carbons (Fsp3) is 1.00. The van der Waals surface area contributed by atoms with E-state index in [0.29, 0.717) is 6.42 Å². The van der Waals surface area contributed by atoms with Gasteiger partial charge in [-0.2, -0.15) is 8.42 Å². The molecule has 0 aliphatic heterocycles. The van der Waals surface area contributed by atoms with E-state index in [0.717, 1.165) is 25.7 Å². The van der Waals surface area contributed by atoms with Crippen LogP contribution in [0.2, 0.25) is 0 Å². The van der Waals surface area contributed by atoms with Crippen LogP contribution < -0.4 is 5.73 Å². The van der Waals surface area contributed by atoms with E-state index in [2.05, 4.69) is 0 Å². The fourth-order valence-corrected chi connectivity index (χ4v) is 2.50. The zero-order chi connectivity index (χ0) is 9.90. The van der Waals surface area contributed by atoms with E-state index in [4.69, 9.17) is 10.3 Å². The molecule has 3 N–H and O–H groups in total. The van der Waals surface area contributed by atoms with Crippen LogP contribution in [0.15, 0.2) is 0 Å². The minimum atomic E-state index is -3.80. The van der Waals surface area contributed by atoms with Crippen molar-refractivity contribution in [3.05, 3.63) is 0 Å². The molecular weight excluding hydrogens is 190 g/mol. The van der Waals surface area contributed by atoms with Gasteiger partial charge in [-0.3, -0.25) is 4.55 Å². The second-order valence-electron chi connectivity index (χ2n) is 3.78. The van der Waals surface area contributed by atoms with E-state index in [1.165, 1.54) is 0 Å². The van der Waals surface area contributed by atoms with E-state index < -0.39 is 10.1 Å². The van der Waals surface area contributed by atoms with Crippen molar-refractivity contribution in [1.29, 1.82) is 0 Å². The van der Waals surface area contributed by atoms with E-state index >= 15 is 0 Å². The zero-order valence-electron chi connectivity index (χ0n) is 7.65. The molecule has 78 valence electrons. The smallest absolute Gasteiger partial charge is 0.264 e. The second-order valence-corrected chi connectivity index (χ2v) is 5.36. The van der Waals surface area contributed by atoms with E-state index in [-0.39, 0.29) is 17.7 Å². The van der Waals surface area contributed by atoms with Gasteiger partial charge in [0.05, 0.1) is 5.75 Å². The highest BCUT2D eigenvalue weighted by Crippen LogP contribution is 2.25. The van der Waals surface area contributed by atoms with Crippen LogP contribution in [0.5, 0.6) is 0 Å². The Labute approximate surface area is 79.3 Å². The molecule has 1 saturated carbocycles. The first kappa shape index (κ1) is 10.9. The van der Waals surface area contributed by atoms with Crippen molar-refractivity contribution in [2.45, 2.75) is 38.1 Å². The Morgan fingerprint density at radius 3 is 2.46 bits per heavy atom. The summed E-state index contributed by atoms with van der Waals surface area (Å²) in [4.78, 5) is 0. The molecule has 1 aliphatic rings. The molecule has 1 rings (SSSR count). The van der Waals surface area contributed by atoms with Crippen molar-refractivity contribution >= 4 is 10.1 Å². The average Bonchev–Trinajstić information content (AvgIpc) is 2.01. The summed E-state index contributed by atoms with van der Waals surface area (Å²) in [7, 11) is -3.80. The van der Waals surface area contributed by atoms with Crippen LogP contribution >= 0.6 is 0 Å². The van der Waals surface area contributed by atoms with Gasteiger partial charge in [-0.25, -0.2) is 0 Å². The molecule has 13 heavy (non-hydrogen) atoms. The summed E-state index contributed by atoms with van der Waals surface area (Å²) in [5.74, 6) is 0.126. The largest absolute Gasteiger partial charge is 0.327 e. The molecular formula is C8H17NO3S. The number of nitrogens with two attached hydrogens (primary N) is 1. The maximum absolute atomic E-state index is 10.5. The number of hydrogen-bond donors (Lipinski definition) is 2. The minimum absolute atomic E-state index is 0.121. The molecule has 4 nitrogen and oxygen atoms in total. The predicted molar refractivity (Wildman–Crippen MR) is 51.0 cm³/mol. The summed E-state index contributed by atoms with van der Waals surface area (Å²) in [5.41, 5.74) is 5.83. The van der Waals surface area contributed by atoms with Crippen LogP contribution in [0, 0.1) is 5.92 Å². The third-order valence-corrected chi connectivity index (χ3v) is 3.47. The molecule has 5 heteroatoms. The Balaban J connectivity index is 2.35. The molecule has 0 saturated heterocycles. The van der Waals surface area contributed by atoms with Crippen LogP contribution in [-0.4, -0.2) is 24.8 Å². The first-order chi connectivity index (χ1) is 5.99. The van der Waals surface area contributed by atoms with Gasteiger partial charge in [0.15, 0.2) is 0 Å². The Morgan fingerprint density at radius 1 is 1.31 bits per heavy atom. The summed E-state index contributed by atoms with van der Waals surface area (Å²) in [5, 5.41) is 0. The molecule has 0 amide bonds. The molecule has 0 bridgehead atoms. The van der Waals surface area contributed by atoms with Crippen molar-refractivity contribution in [1.82, 2.24) is 0 Å². The van der Waals surface area contributed by atoms with E-state index in [9.17, 15) is 8.42 Å². The van der Waals surface area contributed by atoms with Gasteiger partial charge >= 0.3 is 0 Å². The molecule has 0 spiro atoms. The van der Waals surface area contributed by atoms with Crippen LogP contribution in [-0.2, 0) is 10.1 Å². The molecule has 1 fully saturated rings. The van der Waals surface area contributed by atoms with Crippen molar-refractivity contribution in [3.63, 3.8) is 0 Å². The first-order valence-electron chi connectivity index (χ1n) is 4.70. The maximum atomic E-state index is 10.5. The van der Waals surface area contributed by atoms with E-state index in [1.807, 2.05) is 0 Å². The summed E-state index contributed by atoms with van der Waals surface area (Å²) in [6.07, 6.45) is 4.75. The molecule has 0 aromatic carbocycles. The Morgan fingerprint density at radius 2 is 1.92 bits per heavy atom. The fourth-order valence-electron chi connectivity index (χ4n) is 1.90. The van der Waals surface area contributed by atoms with Crippen LogP contribution in [0.4, 0.5) is 0 Å². The summed E-state index contributed by atoms with van der Waals surface area (Å²) in [6, 6.07) is 0.121. The van der Waals surface area contributed by atoms with Crippen LogP contribution in [0.25, 0.3) is 0 Å². The van der Waals surface area contributed by atoms with Gasteiger partial charge in [0.25, 0.3) is 10.1 Å². The second kappa shape index (κ2) is 4.39. The standard InChI is InChI=1S/C8H17NO3S/c9-8-4-2-1-3-7(8)5-6-13(10,11)12/h7-8H,1-6,9H2,(H,10,11,12). The van der Waals surface area contributed by atoms with Crippen LogP contribution in [0.3, 0.4) is 0 Å². The molecule has 0 radical (unpaired) electrons. The van der Waals surface area contributed by atoms with Gasteiger partial charge in [-0.05, 0) is 25.2 Å². The highest BCUT2D eigenvalue weighted by Gasteiger charge is 2.22. The van der Waals surface area contributed by atoms with Gasteiger partial charge in [-0.15, -0.1) is 0 Å². The number of hydrogen-bond acceptors (Lipinski definition) is 3. The Hall–Kier alpha value is -0.130. The topological polar surface area (TPSA) is 80.4 Å². The highest BCUT2D eigenvalue weighted by molar-refractivity contribution is 7.85. The molecule has 1 aliphatic carbocycles. The molecule has 2 atom stereocenters. The quantitative estimate of drug-likeness (QED) is 0.670. The minimum Gasteiger partial charge on any atom is -0.327 e. The molecule has 2 unspecified atom stereocenters. The lowest BCUT2D eigenvalue weighted by atomic mass is 9.83. The summed E-state index contributed by atoms with van der Waals surface area (Å²) < 4.78 is 29.6. The van der Waals surface area contributed by atoms with E-state index in [1.54, 1.807) is 0 Å². The van der Waals surface area contributed by atoms with Crippen LogP contribution in [0.1, 0.15) is 32.1 Å². The Kier molecular flexibility index (Phi) is 3.70. The third-order valence-electron chi connectivity index (χ3n) is 2.71.